The van der Waals surface area contributed by atoms with Gasteiger partial charge in [0.05, 0.1) is 13.7 Å². The summed E-state index contributed by atoms with van der Waals surface area (Å²) in [5.41, 5.74) is 0.601. The monoisotopic (exact) mass is 437 g/mol. The summed E-state index contributed by atoms with van der Waals surface area (Å²) < 4.78 is 5.19. The van der Waals surface area contributed by atoms with Crippen LogP contribution < -0.4 is 15.4 Å². The third-order valence-electron chi connectivity index (χ3n) is 5.94. The summed E-state index contributed by atoms with van der Waals surface area (Å²) >= 11 is 0. The smallest absolute Gasteiger partial charge is 0.250 e. The Morgan fingerprint density at radius 1 is 0.969 bits per heavy atom. The van der Waals surface area contributed by atoms with Gasteiger partial charge in [-0.05, 0) is 42.7 Å². The van der Waals surface area contributed by atoms with E-state index in [1.165, 1.54) is 6.92 Å². The van der Waals surface area contributed by atoms with E-state index in [1.54, 1.807) is 36.3 Å². The predicted octanol–water partition coefficient (Wildman–Crippen LogP) is 3.50. The SMILES string of the molecule is COc1ccc(NC(=O)C2(N(Cc3ccccc3)C(=O)CNC(C)=O)CCCCC2)cc1. The number of amides is 3. The molecule has 2 N–H and O–H groups in total. The minimum atomic E-state index is -0.983. The molecular weight excluding hydrogens is 406 g/mol. The van der Waals surface area contributed by atoms with E-state index in [1.807, 2.05) is 30.3 Å². The molecule has 7 heteroatoms. The molecule has 0 heterocycles. The molecule has 1 saturated carbocycles. The van der Waals surface area contributed by atoms with Crippen molar-refractivity contribution in [3.8, 4) is 5.75 Å². The van der Waals surface area contributed by atoms with E-state index in [0.29, 0.717) is 30.8 Å². The Morgan fingerprint density at radius 2 is 1.62 bits per heavy atom. The highest BCUT2D eigenvalue weighted by atomic mass is 16.5. The number of hydrogen-bond acceptors (Lipinski definition) is 4. The van der Waals surface area contributed by atoms with Gasteiger partial charge in [0.1, 0.15) is 11.3 Å². The summed E-state index contributed by atoms with van der Waals surface area (Å²) in [6.07, 6.45) is 3.89. The van der Waals surface area contributed by atoms with Crippen molar-refractivity contribution in [2.75, 3.05) is 19.0 Å². The van der Waals surface area contributed by atoms with E-state index < -0.39 is 5.54 Å². The fourth-order valence-corrected chi connectivity index (χ4v) is 4.22. The highest BCUT2D eigenvalue weighted by molar-refractivity contribution is 6.01. The van der Waals surface area contributed by atoms with Gasteiger partial charge in [-0.3, -0.25) is 14.4 Å². The van der Waals surface area contributed by atoms with Crippen LogP contribution >= 0.6 is 0 Å². The molecule has 2 aromatic carbocycles. The van der Waals surface area contributed by atoms with Crippen LogP contribution in [0.5, 0.6) is 5.75 Å². The Kier molecular flexibility index (Phi) is 7.87. The van der Waals surface area contributed by atoms with Crippen LogP contribution in [0.3, 0.4) is 0 Å². The fourth-order valence-electron chi connectivity index (χ4n) is 4.22. The van der Waals surface area contributed by atoms with Crippen molar-refractivity contribution in [1.29, 1.82) is 0 Å². The minimum absolute atomic E-state index is 0.139. The second-order valence-electron chi connectivity index (χ2n) is 8.15. The highest BCUT2D eigenvalue weighted by Gasteiger charge is 2.46. The Morgan fingerprint density at radius 3 is 2.22 bits per heavy atom. The van der Waals surface area contributed by atoms with Crippen LogP contribution in [0.1, 0.15) is 44.6 Å². The molecule has 3 amide bonds. The zero-order valence-electron chi connectivity index (χ0n) is 18.7. The molecule has 0 bridgehead atoms. The van der Waals surface area contributed by atoms with Crippen molar-refractivity contribution in [3.05, 3.63) is 60.2 Å². The summed E-state index contributed by atoms with van der Waals surface area (Å²) in [5, 5.41) is 5.61. The van der Waals surface area contributed by atoms with Crippen molar-refractivity contribution >= 4 is 23.4 Å². The molecule has 7 nitrogen and oxygen atoms in total. The summed E-state index contributed by atoms with van der Waals surface area (Å²) in [5.74, 6) is -0.0461. The Labute approximate surface area is 189 Å². The van der Waals surface area contributed by atoms with Crippen LogP contribution in [0, 0.1) is 0 Å². The molecule has 1 aliphatic carbocycles. The molecule has 0 spiro atoms. The number of methoxy groups -OCH3 is 1. The molecule has 1 aliphatic rings. The summed E-state index contributed by atoms with van der Waals surface area (Å²) in [6.45, 7) is 1.54. The van der Waals surface area contributed by atoms with Crippen LogP contribution in [0.2, 0.25) is 0 Å². The standard InChI is InChI=1S/C25H31N3O4/c1-19(29)26-17-23(30)28(18-20-9-5-3-6-10-20)25(15-7-4-8-16-25)24(31)27-21-11-13-22(32-2)14-12-21/h3,5-6,9-14H,4,7-8,15-18H2,1-2H3,(H,26,29)(H,27,31). The lowest BCUT2D eigenvalue weighted by Crippen LogP contribution is -2.61. The Hall–Kier alpha value is -3.35. The predicted molar refractivity (Wildman–Crippen MR) is 123 cm³/mol. The van der Waals surface area contributed by atoms with Crippen molar-refractivity contribution < 1.29 is 19.1 Å². The Bertz CT molecular complexity index is 922. The summed E-state index contributed by atoms with van der Waals surface area (Å²) in [4.78, 5) is 40.1. The van der Waals surface area contributed by atoms with Gasteiger partial charge in [0.2, 0.25) is 17.7 Å². The average Bonchev–Trinajstić information content (AvgIpc) is 2.82. The number of benzene rings is 2. The molecule has 1 fully saturated rings. The van der Waals surface area contributed by atoms with Gasteiger partial charge in [-0.2, -0.15) is 0 Å². The van der Waals surface area contributed by atoms with E-state index in [0.717, 1.165) is 24.8 Å². The van der Waals surface area contributed by atoms with Crippen LogP contribution in [0.25, 0.3) is 0 Å². The van der Waals surface area contributed by atoms with Gasteiger partial charge in [-0.1, -0.05) is 49.6 Å². The van der Waals surface area contributed by atoms with Crippen molar-refractivity contribution in [2.45, 2.75) is 51.1 Å². The first-order chi connectivity index (χ1) is 15.4. The van der Waals surface area contributed by atoms with Crippen LogP contribution in [-0.2, 0) is 20.9 Å². The largest absolute Gasteiger partial charge is 0.497 e. The number of carbonyl (C=O) groups excluding carboxylic acids is 3. The van der Waals surface area contributed by atoms with E-state index in [4.69, 9.17) is 4.74 Å². The number of ether oxygens (including phenoxy) is 1. The van der Waals surface area contributed by atoms with E-state index in [-0.39, 0.29) is 24.3 Å². The average molecular weight is 438 g/mol. The molecule has 170 valence electrons. The Balaban J connectivity index is 1.92. The van der Waals surface area contributed by atoms with Crippen LogP contribution in [0.4, 0.5) is 5.69 Å². The highest BCUT2D eigenvalue weighted by Crippen LogP contribution is 2.36. The summed E-state index contributed by atoms with van der Waals surface area (Å²) in [6, 6.07) is 16.8. The van der Waals surface area contributed by atoms with Crippen molar-refractivity contribution in [1.82, 2.24) is 10.2 Å². The normalized spacial score (nSPS) is 14.8. The molecule has 0 saturated heterocycles. The van der Waals surface area contributed by atoms with Gasteiger partial charge in [0.25, 0.3) is 0 Å². The second kappa shape index (κ2) is 10.8. The maximum Gasteiger partial charge on any atom is 0.250 e. The molecule has 0 atom stereocenters. The third kappa shape index (κ3) is 5.66. The maximum atomic E-state index is 13.7. The van der Waals surface area contributed by atoms with Gasteiger partial charge in [-0.15, -0.1) is 0 Å². The van der Waals surface area contributed by atoms with E-state index in [9.17, 15) is 14.4 Å². The molecule has 0 aliphatic heterocycles. The minimum Gasteiger partial charge on any atom is -0.497 e. The van der Waals surface area contributed by atoms with Crippen LogP contribution in [0.15, 0.2) is 54.6 Å². The number of nitrogens with one attached hydrogen (secondary N) is 2. The first-order valence-corrected chi connectivity index (χ1v) is 11.0. The van der Waals surface area contributed by atoms with E-state index >= 15 is 0 Å². The molecule has 2 aromatic rings. The number of carbonyl (C=O) groups is 3. The summed E-state index contributed by atoms with van der Waals surface area (Å²) in [7, 11) is 1.59. The van der Waals surface area contributed by atoms with Crippen molar-refractivity contribution in [2.24, 2.45) is 0 Å². The number of rotatable bonds is 8. The lowest BCUT2D eigenvalue weighted by molar-refractivity contribution is -0.148. The molecule has 32 heavy (non-hydrogen) atoms. The quantitative estimate of drug-likeness (QED) is 0.662. The fraction of sp³-hybridized carbons (Fsp3) is 0.400. The molecule has 3 rings (SSSR count). The third-order valence-corrected chi connectivity index (χ3v) is 5.94. The van der Waals surface area contributed by atoms with Gasteiger partial charge in [-0.25, -0.2) is 0 Å². The number of hydrogen-bond donors (Lipinski definition) is 2. The zero-order valence-corrected chi connectivity index (χ0v) is 18.7. The first-order valence-electron chi connectivity index (χ1n) is 11.0. The lowest BCUT2D eigenvalue weighted by atomic mass is 9.78. The molecule has 0 unspecified atom stereocenters. The van der Waals surface area contributed by atoms with Gasteiger partial charge in [0.15, 0.2) is 0 Å². The lowest BCUT2D eigenvalue weighted by Gasteiger charge is -2.45. The van der Waals surface area contributed by atoms with Crippen molar-refractivity contribution in [3.63, 3.8) is 0 Å². The number of nitrogens with zero attached hydrogens (tertiary/aromatic N) is 1. The van der Waals surface area contributed by atoms with Gasteiger partial charge >= 0.3 is 0 Å². The number of anilines is 1. The second-order valence-corrected chi connectivity index (χ2v) is 8.15. The van der Waals surface area contributed by atoms with Gasteiger partial charge in [0, 0.05) is 19.2 Å². The molecular formula is C25H31N3O4. The van der Waals surface area contributed by atoms with Gasteiger partial charge < -0.3 is 20.3 Å². The molecule has 0 aromatic heterocycles. The maximum absolute atomic E-state index is 13.7. The first kappa shape index (κ1) is 23.3. The van der Waals surface area contributed by atoms with Crippen LogP contribution in [-0.4, -0.2) is 41.8 Å². The van der Waals surface area contributed by atoms with E-state index in [2.05, 4.69) is 10.6 Å². The topological polar surface area (TPSA) is 87.7 Å². The molecule has 0 radical (unpaired) electrons. The zero-order chi connectivity index (χ0) is 23.0.